The molecule has 1 aromatic carbocycles. The minimum Gasteiger partial charge on any atom is -0.357 e. The Morgan fingerprint density at radius 3 is 2.67 bits per heavy atom. The van der Waals surface area contributed by atoms with Crippen LogP contribution in [0.5, 0.6) is 0 Å². The summed E-state index contributed by atoms with van der Waals surface area (Å²) < 4.78 is 0.938. The summed E-state index contributed by atoms with van der Waals surface area (Å²) in [5, 5.41) is 6.72. The van der Waals surface area contributed by atoms with Crippen molar-refractivity contribution < 1.29 is 0 Å². The first-order valence-electron chi connectivity index (χ1n) is 5.34. The van der Waals surface area contributed by atoms with E-state index in [4.69, 9.17) is 11.6 Å². The molecule has 0 spiro atoms. The van der Waals surface area contributed by atoms with E-state index in [1.165, 1.54) is 0 Å². The lowest BCUT2D eigenvalue weighted by Gasteiger charge is -2.09. The molecule has 0 unspecified atom stereocenters. The third-order valence-electron chi connectivity index (χ3n) is 2.27. The van der Waals surface area contributed by atoms with E-state index in [-0.39, 0.29) is 0 Å². The van der Waals surface area contributed by atoms with Gasteiger partial charge in [-0.3, -0.25) is 0 Å². The van der Waals surface area contributed by atoms with Gasteiger partial charge in [-0.15, -0.1) is 0 Å². The fourth-order valence-corrected chi connectivity index (χ4v) is 2.19. The van der Waals surface area contributed by atoms with Crippen LogP contribution >= 0.6 is 27.5 Å². The summed E-state index contributed by atoms with van der Waals surface area (Å²) in [7, 11) is 1.78. The molecule has 0 amide bonds. The topological polar surface area (TPSA) is 49.8 Å². The predicted octanol–water partition coefficient (Wildman–Crippen LogP) is 3.99. The SMILES string of the molecule is CNc1nc(C)cc(Nc2ccc(Br)cc2Cl)n1. The highest BCUT2D eigenvalue weighted by Crippen LogP contribution is 2.28. The molecule has 0 aliphatic heterocycles. The molecule has 1 aromatic heterocycles. The normalized spacial score (nSPS) is 10.2. The molecule has 18 heavy (non-hydrogen) atoms. The van der Waals surface area contributed by atoms with Crippen LogP contribution < -0.4 is 10.6 Å². The molecule has 1 heterocycles. The number of hydrogen-bond donors (Lipinski definition) is 2. The van der Waals surface area contributed by atoms with Gasteiger partial charge in [-0.1, -0.05) is 27.5 Å². The summed E-state index contributed by atoms with van der Waals surface area (Å²) in [5.41, 5.74) is 1.69. The van der Waals surface area contributed by atoms with Crippen LogP contribution in [0.4, 0.5) is 17.5 Å². The van der Waals surface area contributed by atoms with Crippen molar-refractivity contribution in [3.8, 4) is 0 Å². The van der Waals surface area contributed by atoms with Crippen molar-refractivity contribution in [3.05, 3.63) is 39.5 Å². The first kappa shape index (κ1) is 13.1. The molecule has 0 aliphatic carbocycles. The van der Waals surface area contributed by atoms with Gasteiger partial charge >= 0.3 is 0 Å². The lowest BCUT2D eigenvalue weighted by atomic mass is 10.3. The average molecular weight is 328 g/mol. The molecule has 0 radical (unpaired) electrons. The van der Waals surface area contributed by atoms with E-state index in [0.29, 0.717) is 16.8 Å². The van der Waals surface area contributed by atoms with E-state index in [0.717, 1.165) is 15.9 Å². The number of aromatic nitrogens is 2. The van der Waals surface area contributed by atoms with Gasteiger partial charge < -0.3 is 10.6 Å². The summed E-state index contributed by atoms with van der Waals surface area (Å²) in [6.45, 7) is 1.91. The molecule has 0 saturated carbocycles. The largest absolute Gasteiger partial charge is 0.357 e. The van der Waals surface area contributed by atoms with Gasteiger partial charge in [0.05, 0.1) is 10.7 Å². The highest BCUT2D eigenvalue weighted by atomic mass is 79.9. The van der Waals surface area contributed by atoms with Gasteiger partial charge in [-0.05, 0) is 25.1 Å². The number of hydrogen-bond acceptors (Lipinski definition) is 4. The zero-order chi connectivity index (χ0) is 13.1. The number of anilines is 3. The van der Waals surface area contributed by atoms with Crippen molar-refractivity contribution in [2.24, 2.45) is 0 Å². The van der Waals surface area contributed by atoms with Crippen molar-refractivity contribution in [2.75, 3.05) is 17.7 Å². The summed E-state index contributed by atoms with van der Waals surface area (Å²) in [5.74, 6) is 1.28. The Hall–Kier alpha value is -1.33. The van der Waals surface area contributed by atoms with E-state index < -0.39 is 0 Å². The maximum absolute atomic E-state index is 6.14. The van der Waals surface area contributed by atoms with Gasteiger partial charge in [0.25, 0.3) is 0 Å². The first-order valence-corrected chi connectivity index (χ1v) is 6.51. The minimum absolute atomic E-state index is 0.575. The molecule has 0 bridgehead atoms. The monoisotopic (exact) mass is 326 g/mol. The molecule has 2 N–H and O–H groups in total. The number of halogens is 2. The van der Waals surface area contributed by atoms with Crippen molar-refractivity contribution in [1.82, 2.24) is 9.97 Å². The van der Waals surface area contributed by atoms with Crippen molar-refractivity contribution >= 4 is 45.0 Å². The smallest absolute Gasteiger partial charge is 0.224 e. The Balaban J connectivity index is 2.30. The predicted molar refractivity (Wildman–Crippen MR) is 78.8 cm³/mol. The molecule has 6 heteroatoms. The second kappa shape index (κ2) is 5.54. The van der Waals surface area contributed by atoms with Gasteiger partial charge in [-0.2, -0.15) is 4.98 Å². The van der Waals surface area contributed by atoms with Crippen molar-refractivity contribution in [2.45, 2.75) is 6.92 Å². The summed E-state index contributed by atoms with van der Waals surface area (Å²) in [4.78, 5) is 8.53. The van der Waals surface area contributed by atoms with Crippen LogP contribution in [0.15, 0.2) is 28.7 Å². The van der Waals surface area contributed by atoms with Crippen molar-refractivity contribution in [1.29, 1.82) is 0 Å². The maximum Gasteiger partial charge on any atom is 0.224 e. The summed E-state index contributed by atoms with van der Waals surface area (Å²) in [6, 6.07) is 7.50. The van der Waals surface area contributed by atoms with Crippen LogP contribution in [0.2, 0.25) is 5.02 Å². The molecule has 0 atom stereocenters. The molecular formula is C12H12BrClN4. The van der Waals surface area contributed by atoms with Gasteiger partial charge in [-0.25, -0.2) is 4.98 Å². The molecule has 0 aliphatic rings. The van der Waals surface area contributed by atoms with Crippen molar-refractivity contribution in [3.63, 3.8) is 0 Å². The summed E-state index contributed by atoms with van der Waals surface area (Å²) in [6.07, 6.45) is 0. The second-order valence-electron chi connectivity index (χ2n) is 3.72. The molecule has 0 saturated heterocycles. The molecule has 94 valence electrons. The van der Waals surface area contributed by atoms with E-state index in [1.54, 1.807) is 7.05 Å². The quantitative estimate of drug-likeness (QED) is 0.895. The number of rotatable bonds is 3. The Bertz CT molecular complexity index is 574. The van der Waals surface area contributed by atoms with Gasteiger partial charge in [0.1, 0.15) is 5.82 Å². The van der Waals surface area contributed by atoms with Crippen LogP contribution in [-0.4, -0.2) is 17.0 Å². The molecular weight excluding hydrogens is 316 g/mol. The zero-order valence-electron chi connectivity index (χ0n) is 9.96. The Morgan fingerprint density at radius 1 is 1.22 bits per heavy atom. The maximum atomic E-state index is 6.14. The van der Waals surface area contributed by atoms with Gasteiger partial charge in [0.2, 0.25) is 5.95 Å². The van der Waals surface area contributed by atoms with Gasteiger partial charge in [0, 0.05) is 23.3 Å². The van der Waals surface area contributed by atoms with Crippen LogP contribution in [0.1, 0.15) is 5.69 Å². The van der Waals surface area contributed by atoms with Gasteiger partial charge in [0.15, 0.2) is 0 Å². The van der Waals surface area contributed by atoms with Crippen LogP contribution in [0.25, 0.3) is 0 Å². The molecule has 4 nitrogen and oxygen atoms in total. The highest BCUT2D eigenvalue weighted by molar-refractivity contribution is 9.10. The van der Waals surface area contributed by atoms with E-state index in [9.17, 15) is 0 Å². The Morgan fingerprint density at radius 2 is 2.00 bits per heavy atom. The fourth-order valence-electron chi connectivity index (χ4n) is 1.47. The number of nitrogens with one attached hydrogen (secondary N) is 2. The number of nitrogens with zero attached hydrogens (tertiary/aromatic N) is 2. The summed E-state index contributed by atoms with van der Waals surface area (Å²) >= 11 is 9.51. The van der Waals surface area contributed by atoms with E-state index in [2.05, 4.69) is 36.5 Å². The molecule has 2 aromatic rings. The first-order chi connectivity index (χ1) is 8.58. The fraction of sp³-hybridized carbons (Fsp3) is 0.167. The van der Waals surface area contributed by atoms with Crippen LogP contribution in [0.3, 0.4) is 0 Å². The van der Waals surface area contributed by atoms with Crippen LogP contribution in [-0.2, 0) is 0 Å². The van der Waals surface area contributed by atoms with Crippen LogP contribution in [0, 0.1) is 6.92 Å². The lowest BCUT2D eigenvalue weighted by Crippen LogP contribution is -2.02. The Labute approximate surface area is 119 Å². The third kappa shape index (κ3) is 3.11. The lowest BCUT2D eigenvalue weighted by molar-refractivity contribution is 1.10. The van der Waals surface area contributed by atoms with E-state index in [1.807, 2.05) is 31.2 Å². The zero-order valence-corrected chi connectivity index (χ0v) is 12.3. The minimum atomic E-state index is 0.575. The third-order valence-corrected chi connectivity index (χ3v) is 3.08. The standard InChI is InChI=1S/C12H12BrClN4/c1-7-5-11(18-12(15-2)16-7)17-10-4-3-8(13)6-9(10)14/h3-6H,1-2H3,(H2,15,16,17,18). The average Bonchev–Trinajstić information content (AvgIpc) is 2.32. The number of benzene rings is 1. The Kier molecular flexibility index (Phi) is 4.04. The molecule has 0 fully saturated rings. The van der Waals surface area contributed by atoms with E-state index >= 15 is 0 Å². The number of aryl methyl sites for hydroxylation is 1. The second-order valence-corrected chi connectivity index (χ2v) is 5.04. The highest BCUT2D eigenvalue weighted by Gasteiger charge is 2.04. The molecule has 2 rings (SSSR count).